The van der Waals surface area contributed by atoms with E-state index >= 15 is 0 Å². The lowest BCUT2D eigenvalue weighted by molar-refractivity contribution is -0.307. The highest BCUT2D eigenvalue weighted by Crippen LogP contribution is 2.37. The molecule has 1 aliphatic carbocycles. The zero-order valence-corrected chi connectivity index (χ0v) is 22.6. The van der Waals surface area contributed by atoms with Gasteiger partial charge >= 0.3 is 0 Å². The Morgan fingerprint density at radius 1 is 0.950 bits per heavy atom. The largest absolute Gasteiger partial charge is 0.394 e. The van der Waals surface area contributed by atoms with Crippen molar-refractivity contribution in [1.82, 2.24) is 16.0 Å². The summed E-state index contributed by atoms with van der Waals surface area (Å²) in [6, 6.07) is -2.52. The monoisotopic (exact) mass is 579 g/mol. The standard InChI is InChI=1S/C24H49N7O9/c25-3-10(33)7-30-12-1-11(27)17(22-13(31-9-5-29-6-9)2-14(34)15(4-26)38-22)20(36)23(12)40-24-21(37)18(28)19(35)16(8-32)39-24/h9-24,29-37H,1-8,25-28H2/t10?,11-,12+,13+,14-,15+,16+,17?,18-,19+,20-,21+,22-,23-,24+/m0/s1. The zero-order chi connectivity index (χ0) is 29.1. The Morgan fingerprint density at radius 2 is 1.68 bits per heavy atom. The Kier molecular flexibility index (Phi) is 11.5. The molecule has 4 fully saturated rings. The molecule has 2 unspecified atom stereocenters. The maximum Gasteiger partial charge on any atom is 0.186 e. The summed E-state index contributed by atoms with van der Waals surface area (Å²) < 4.78 is 18.1. The van der Waals surface area contributed by atoms with Crippen LogP contribution in [0.4, 0.5) is 0 Å². The van der Waals surface area contributed by atoms with Gasteiger partial charge in [-0.05, 0) is 12.8 Å². The molecule has 15 atom stereocenters. The summed E-state index contributed by atoms with van der Waals surface area (Å²) in [5.41, 5.74) is 24.1. The Balaban J connectivity index is 1.59. The van der Waals surface area contributed by atoms with E-state index in [-0.39, 0.29) is 38.1 Å². The van der Waals surface area contributed by atoms with E-state index in [1.807, 2.05) is 0 Å². The van der Waals surface area contributed by atoms with Crippen LogP contribution in [0.25, 0.3) is 0 Å². The number of nitrogens with one attached hydrogen (secondary N) is 3. The van der Waals surface area contributed by atoms with Crippen LogP contribution in [0.15, 0.2) is 0 Å². The fraction of sp³-hybridized carbons (Fsp3) is 1.00. The van der Waals surface area contributed by atoms with Gasteiger partial charge in [0.05, 0.1) is 43.2 Å². The molecule has 4 rings (SSSR count). The molecule has 16 heteroatoms. The van der Waals surface area contributed by atoms with Gasteiger partial charge in [-0.25, -0.2) is 0 Å². The maximum atomic E-state index is 11.8. The van der Waals surface area contributed by atoms with E-state index in [4.69, 9.17) is 37.1 Å². The predicted octanol–water partition coefficient (Wildman–Crippen LogP) is -7.47. The van der Waals surface area contributed by atoms with Crippen LogP contribution >= 0.6 is 0 Å². The van der Waals surface area contributed by atoms with Crippen molar-refractivity contribution < 1.29 is 44.8 Å². The number of hydrogen-bond acceptors (Lipinski definition) is 16. The molecule has 0 aromatic heterocycles. The lowest BCUT2D eigenvalue weighted by Crippen LogP contribution is -2.71. The summed E-state index contributed by atoms with van der Waals surface area (Å²) in [5, 5.41) is 73.0. The van der Waals surface area contributed by atoms with E-state index in [0.717, 1.165) is 13.1 Å². The van der Waals surface area contributed by atoms with E-state index in [1.165, 1.54) is 0 Å². The fourth-order valence-corrected chi connectivity index (χ4v) is 6.24. The quantitative estimate of drug-likeness (QED) is 0.108. The van der Waals surface area contributed by atoms with Crippen LogP contribution in [-0.4, -0.2) is 161 Å². The van der Waals surface area contributed by atoms with Crippen molar-refractivity contribution in [3.05, 3.63) is 0 Å². The average Bonchev–Trinajstić information content (AvgIpc) is 2.91. The summed E-state index contributed by atoms with van der Waals surface area (Å²) in [5.74, 6) is -0.678. The summed E-state index contributed by atoms with van der Waals surface area (Å²) >= 11 is 0. The number of nitrogens with two attached hydrogens (primary N) is 4. The van der Waals surface area contributed by atoms with Gasteiger partial charge in [0, 0.05) is 62.8 Å². The molecule has 16 nitrogen and oxygen atoms in total. The van der Waals surface area contributed by atoms with E-state index in [1.54, 1.807) is 0 Å². The number of rotatable bonds is 11. The minimum atomic E-state index is -1.46. The van der Waals surface area contributed by atoms with Gasteiger partial charge in [0.2, 0.25) is 0 Å². The van der Waals surface area contributed by atoms with Gasteiger partial charge in [0.1, 0.15) is 24.4 Å². The summed E-state index contributed by atoms with van der Waals surface area (Å²) in [6.45, 7) is 1.15. The molecule has 3 aliphatic heterocycles. The van der Waals surface area contributed by atoms with Crippen LogP contribution in [0.3, 0.4) is 0 Å². The van der Waals surface area contributed by atoms with E-state index in [0.29, 0.717) is 6.42 Å². The Hall–Kier alpha value is -0.640. The molecule has 234 valence electrons. The molecule has 4 aliphatic rings. The molecule has 0 amide bonds. The third-order valence-electron chi connectivity index (χ3n) is 8.76. The molecule has 17 N–H and O–H groups in total. The third kappa shape index (κ3) is 6.94. The Morgan fingerprint density at radius 3 is 2.27 bits per heavy atom. The first kappa shape index (κ1) is 32.3. The first-order valence-electron chi connectivity index (χ1n) is 14.2. The minimum Gasteiger partial charge on any atom is -0.394 e. The van der Waals surface area contributed by atoms with Crippen molar-refractivity contribution in [2.24, 2.45) is 28.9 Å². The van der Waals surface area contributed by atoms with Crippen LogP contribution < -0.4 is 38.9 Å². The van der Waals surface area contributed by atoms with E-state index in [9.17, 15) is 30.6 Å². The van der Waals surface area contributed by atoms with Gasteiger partial charge in [-0.15, -0.1) is 0 Å². The number of aliphatic hydroxyl groups is 6. The smallest absolute Gasteiger partial charge is 0.186 e. The second-order valence-electron chi connectivity index (χ2n) is 11.6. The molecule has 0 bridgehead atoms. The van der Waals surface area contributed by atoms with E-state index in [2.05, 4.69) is 16.0 Å². The SMILES string of the molecule is NCC(O)CN[C@@H]1C[C@H](N)C([C@H]2O[C@H](CN)[C@@H](O)C[C@H]2NC2CNC2)[C@H](O)[C@H]1O[C@H]1O[C@H](CO)[C@@H](O)[C@H](N)[C@H]1O. The summed E-state index contributed by atoms with van der Waals surface area (Å²) in [4.78, 5) is 0. The van der Waals surface area contributed by atoms with Crippen LogP contribution in [0.2, 0.25) is 0 Å². The average molecular weight is 580 g/mol. The third-order valence-corrected chi connectivity index (χ3v) is 8.76. The predicted molar refractivity (Wildman–Crippen MR) is 141 cm³/mol. The topological polar surface area (TPSA) is 289 Å². The van der Waals surface area contributed by atoms with Gasteiger partial charge < -0.3 is 83.7 Å². The van der Waals surface area contributed by atoms with Crippen molar-refractivity contribution in [3.8, 4) is 0 Å². The molecule has 0 spiro atoms. The van der Waals surface area contributed by atoms with Crippen LogP contribution in [0.5, 0.6) is 0 Å². The van der Waals surface area contributed by atoms with Crippen LogP contribution in [0, 0.1) is 5.92 Å². The van der Waals surface area contributed by atoms with Gasteiger partial charge in [-0.3, -0.25) is 0 Å². The van der Waals surface area contributed by atoms with Crippen molar-refractivity contribution in [2.75, 3.05) is 39.3 Å². The van der Waals surface area contributed by atoms with Gasteiger partial charge in [-0.1, -0.05) is 0 Å². The first-order chi connectivity index (χ1) is 19.1. The minimum absolute atomic E-state index is 0.0138. The maximum absolute atomic E-state index is 11.8. The molecular formula is C24H49N7O9. The highest BCUT2D eigenvalue weighted by molar-refractivity contribution is 5.07. The van der Waals surface area contributed by atoms with Gasteiger partial charge in [0.15, 0.2) is 6.29 Å². The fourth-order valence-electron chi connectivity index (χ4n) is 6.24. The van der Waals surface area contributed by atoms with Gasteiger partial charge in [0.25, 0.3) is 0 Å². The van der Waals surface area contributed by atoms with Crippen molar-refractivity contribution in [2.45, 2.75) is 104 Å². The van der Waals surface area contributed by atoms with Crippen LogP contribution in [0.1, 0.15) is 12.8 Å². The Labute approximate surface area is 233 Å². The molecule has 1 saturated carbocycles. The molecule has 40 heavy (non-hydrogen) atoms. The molecule has 3 saturated heterocycles. The normalized spacial score (nSPS) is 47.5. The van der Waals surface area contributed by atoms with Crippen molar-refractivity contribution >= 4 is 0 Å². The first-order valence-corrected chi connectivity index (χ1v) is 14.2. The van der Waals surface area contributed by atoms with E-state index < -0.39 is 91.9 Å². The lowest BCUT2D eigenvalue weighted by Gasteiger charge is -2.52. The summed E-state index contributed by atoms with van der Waals surface area (Å²) in [7, 11) is 0. The number of ether oxygens (including phenoxy) is 3. The molecule has 3 heterocycles. The highest BCUT2D eigenvalue weighted by atomic mass is 16.7. The second-order valence-corrected chi connectivity index (χ2v) is 11.6. The molecular weight excluding hydrogens is 530 g/mol. The number of hydrogen-bond donors (Lipinski definition) is 13. The lowest BCUT2D eigenvalue weighted by atomic mass is 9.71. The molecule has 0 aromatic rings. The zero-order valence-electron chi connectivity index (χ0n) is 22.6. The Bertz CT molecular complexity index is 787. The number of aliphatic hydroxyl groups excluding tert-OH is 6. The van der Waals surface area contributed by atoms with Gasteiger partial charge in [-0.2, -0.15) is 0 Å². The van der Waals surface area contributed by atoms with Crippen molar-refractivity contribution in [1.29, 1.82) is 0 Å². The molecule has 0 radical (unpaired) electrons. The van der Waals surface area contributed by atoms with Crippen LogP contribution in [-0.2, 0) is 14.2 Å². The summed E-state index contributed by atoms with van der Waals surface area (Å²) in [6.07, 6.45) is -9.85. The highest BCUT2D eigenvalue weighted by Gasteiger charge is 2.54. The second kappa shape index (κ2) is 14.2. The molecule has 0 aromatic carbocycles. The van der Waals surface area contributed by atoms with Crippen molar-refractivity contribution in [3.63, 3.8) is 0 Å².